The van der Waals surface area contributed by atoms with Crippen molar-refractivity contribution >= 4 is 34.1 Å². The number of rotatable bonds is 4. The van der Waals surface area contributed by atoms with Gasteiger partial charge in [0, 0.05) is 16.8 Å². The molecule has 3 aliphatic rings. The molecule has 138 valence electrons. The van der Waals surface area contributed by atoms with Gasteiger partial charge >= 0.3 is 0 Å². The number of hydrogen-bond donors (Lipinski definition) is 2. The van der Waals surface area contributed by atoms with Crippen molar-refractivity contribution in [3.8, 4) is 0 Å². The van der Waals surface area contributed by atoms with Gasteiger partial charge in [-0.15, -0.1) is 11.3 Å². The summed E-state index contributed by atoms with van der Waals surface area (Å²) in [5, 5.41) is 14.8. The number of carboxylic acids is 1. The van der Waals surface area contributed by atoms with E-state index in [1.54, 1.807) is 0 Å². The van der Waals surface area contributed by atoms with E-state index >= 15 is 0 Å². The third kappa shape index (κ3) is 2.74. The Hall–Kier alpha value is -2.15. The number of nitrogens with two attached hydrogens (primary N) is 1. The summed E-state index contributed by atoms with van der Waals surface area (Å²) in [7, 11) is 0. The number of anilines is 1. The van der Waals surface area contributed by atoms with Crippen LogP contribution >= 0.6 is 11.3 Å². The van der Waals surface area contributed by atoms with Crippen LogP contribution in [0.2, 0.25) is 0 Å². The zero-order valence-electron chi connectivity index (χ0n) is 14.3. The summed E-state index contributed by atoms with van der Waals surface area (Å²) in [5.41, 5.74) is 6.96. The van der Waals surface area contributed by atoms with Crippen LogP contribution < -0.4 is 16.2 Å². The Balaban J connectivity index is 1.63. The molecule has 2 bridgehead atoms. The van der Waals surface area contributed by atoms with Crippen LogP contribution in [0.15, 0.2) is 12.2 Å². The van der Waals surface area contributed by atoms with Crippen molar-refractivity contribution in [3.05, 3.63) is 28.2 Å². The number of carboxylic acid groups (broad SMARTS) is 1. The van der Waals surface area contributed by atoms with Crippen molar-refractivity contribution in [2.45, 2.75) is 38.5 Å². The molecule has 1 fully saturated rings. The monoisotopic (exact) mass is 373 g/mol. The predicted molar refractivity (Wildman–Crippen MR) is 95.4 cm³/mol. The minimum absolute atomic E-state index is 0.0854. The summed E-state index contributed by atoms with van der Waals surface area (Å²) in [6.07, 6.45) is 9.31. The Kier molecular flexibility index (Phi) is 4.34. The lowest BCUT2D eigenvalue weighted by atomic mass is 9.82. The maximum atomic E-state index is 12.9. The molecule has 26 heavy (non-hydrogen) atoms. The number of primary amides is 1. The standard InChI is InChI=1S/C19H22N2O4S/c20-16(22)15-11-4-2-1-3-5-12(11)26-18(15)21-17(23)13-9-6-7-10(8-9)14(13)19(24)25/h6-7,9-10,13-14H,1-5,8H2,(H2,20,22)(H,21,23)(H,24,25)/p-1/t9-,10-,13-,14-/m0/s1. The van der Waals surface area contributed by atoms with Gasteiger partial charge in [0.25, 0.3) is 5.91 Å². The highest BCUT2D eigenvalue weighted by molar-refractivity contribution is 7.17. The number of fused-ring (bicyclic) bond motifs is 3. The number of hydrogen-bond acceptors (Lipinski definition) is 5. The molecule has 0 radical (unpaired) electrons. The lowest BCUT2D eigenvalue weighted by Crippen LogP contribution is -2.43. The highest BCUT2D eigenvalue weighted by Gasteiger charge is 2.49. The lowest BCUT2D eigenvalue weighted by Gasteiger charge is -2.27. The fraction of sp³-hybridized carbons (Fsp3) is 0.526. The van der Waals surface area contributed by atoms with Gasteiger partial charge < -0.3 is 21.0 Å². The molecular formula is C19H21N2O4S-. The van der Waals surface area contributed by atoms with E-state index in [9.17, 15) is 19.5 Å². The summed E-state index contributed by atoms with van der Waals surface area (Å²) in [6, 6.07) is 0. The number of nitrogens with one attached hydrogen (secondary N) is 1. The Morgan fingerprint density at radius 1 is 1.08 bits per heavy atom. The highest BCUT2D eigenvalue weighted by Crippen LogP contribution is 2.48. The maximum absolute atomic E-state index is 12.9. The zero-order valence-corrected chi connectivity index (χ0v) is 15.1. The van der Waals surface area contributed by atoms with E-state index < -0.39 is 23.7 Å². The number of allylic oxidation sites excluding steroid dienone is 2. The topological polar surface area (TPSA) is 112 Å². The third-order valence-corrected chi connectivity index (χ3v) is 7.15. The summed E-state index contributed by atoms with van der Waals surface area (Å²) in [5.74, 6) is -3.76. The molecule has 4 rings (SSSR count). The second-order valence-corrected chi connectivity index (χ2v) is 8.55. The fourth-order valence-corrected chi connectivity index (χ4v) is 6.09. The van der Waals surface area contributed by atoms with E-state index in [0.29, 0.717) is 17.0 Å². The van der Waals surface area contributed by atoms with Crippen LogP contribution in [0, 0.1) is 23.7 Å². The Bertz CT molecular complexity index is 813. The first-order valence-electron chi connectivity index (χ1n) is 9.11. The van der Waals surface area contributed by atoms with Crippen LogP contribution in [0.5, 0.6) is 0 Å². The molecule has 4 atom stereocenters. The first-order chi connectivity index (χ1) is 12.5. The fourth-order valence-electron chi connectivity index (χ4n) is 4.79. The number of carbonyl (C=O) groups excluding carboxylic acids is 3. The van der Waals surface area contributed by atoms with Crippen LogP contribution in [-0.4, -0.2) is 17.8 Å². The Morgan fingerprint density at radius 2 is 1.77 bits per heavy atom. The molecule has 0 unspecified atom stereocenters. The van der Waals surface area contributed by atoms with E-state index in [-0.39, 0.29) is 17.7 Å². The van der Waals surface area contributed by atoms with E-state index in [2.05, 4.69) is 5.32 Å². The van der Waals surface area contributed by atoms with Gasteiger partial charge in [-0.2, -0.15) is 0 Å². The molecular weight excluding hydrogens is 352 g/mol. The van der Waals surface area contributed by atoms with Gasteiger partial charge in [-0.25, -0.2) is 0 Å². The molecule has 1 aromatic heterocycles. The van der Waals surface area contributed by atoms with Crippen molar-refractivity contribution in [1.82, 2.24) is 0 Å². The van der Waals surface area contributed by atoms with Crippen LogP contribution in [0.1, 0.15) is 46.5 Å². The Labute approximate surface area is 155 Å². The molecule has 2 amide bonds. The lowest BCUT2D eigenvalue weighted by molar-refractivity contribution is -0.313. The molecule has 7 heteroatoms. The summed E-state index contributed by atoms with van der Waals surface area (Å²) in [4.78, 5) is 37.6. The normalized spacial score (nSPS) is 29.2. The second kappa shape index (κ2) is 6.54. The van der Waals surface area contributed by atoms with Crippen molar-refractivity contribution in [2.24, 2.45) is 29.4 Å². The minimum Gasteiger partial charge on any atom is -0.550 e. The molecule has 6 nitrogen and oxygen atoms in total. The molecule has 1 saturated carbocycles. The molecule has 0 aliphatic heterocycles. The SMILES string of the molecule is NC(=O)c1c(NC(=O)[C@@H]2[C@@H](C(=O)[O-])[C@H]3C=C[C@H]2C3)sc2c1CCCCC2. The number of aryl methyl sites for hydroxylation is 1. The number of amides is 2. The van der Waals surface area contributed by atoms with E-state index in [1.807, 2.05) is 12.2 Å². The second-order valence-electron chi connectivity index (χ2n) is 7.44. The molecule has 0 spiro atoms. The average molecular weight is 373 g/mol. The van der Waals surface area contributed by atoms with Crippen molar-refractivity contribution in [3.63, 3.8) is 0 Å². The molecule has 3 aliphatic carbocycles. The summed E-state index contributed by atoms with van der Waals surface area (Å²) >= 11 is 1.41. The van der Waals surface area contributed by atoms with Crippen molar-refractivity contribution in [1.29, 1.82) is 0 Å². The number of carbonyl (C=O) groups is 3. The molecule has 3 N–H and O–H groups in total. The number of thiophene rings is 1. The van der Waals surface area contributed by atoms with Gasteiger partial charge in [-0.1, -0.05) is 18.6 Å². The molecule has 1 heterocycles. The maximum Gasteiger partial charge on any atom is 0.251 e. The largest absolute Gasteiger partial charge is 0.550 e. The quantitative estimate of drug-likeness (QED) is 0.611. The van der Waals surface area contributed by atoms with E-state index in [1.165, 1.54) is 11.3 Å². The highest BCUT2D eigenvalue weighted by atomic mass is 32.1. The average Bonchev–Trinajstić information content (AvgIpc) is 3.23. The van der Waals surface area contributed by atoms with Crippen molar-refractivity contribution < 1.29 is 19.5 Å². The molecule has 0 aromatic carbocycles. The number of aliphatic carboxylic acids is 1. The van der Waals surface area contributed by atoms with Gasteiger partial charge in [0.2, 0.25) is 5.91 Å². The van der Waals surface area contributed by atoms with E-state index in [0.717, 1.165) is 42.5 Å². The smallest absolute Gasteiger partial charge is 0.251 e. The third-order valence-electron chi connectivity index (χ3n) is 5.94. The first-order valence-corrected chi connectivity index (χ1v) is 9.93. The van der Waals surface area contributed by atoms with Gasteiger partial charge in [-0.05, 0) is 49.5 Å². The summed E-state index contributed by atoms with van der Waals surface area (Å²) in [6.45, 7) is 0. The predicted octanol–water partition coefficient (Wildman–Crippen LogP) is 1.24. The van der Waals surface area contributed by atoms with Crippen LogP contribution in [0.25, 0.3) is 0 Å². The zero-order chi connectivity index (χ0) is 18.4. The molecule has 1 aromatic rings. The minimum atomic E-state index is -1.18. The van der Waals surface area contributed by atoms with E-state index in [4.69, 9.17) is 5.73 Å². The van der Waals surface area contributed by atoms with Gasteiger partial charge in [0.15, 0.2) is 0 Å². The summed E-state index contributed by atoms with van der Waals surface area (Å²) < 4.78 is 0. The van der Waals surface area contributed by atoms with Gasteiger partial charge in [0.1, 0.15) is 5.00 Å². The van der Waals surface area contributed by atoms with Crippen LogP contribution in [0.4, 0.5) is 5.00 Å². The van der Waals surface area contributed by atoms with Crippen LogP contribution in [0.3, 0.4) is 0 Å². The van der Waals surface area contributed by atoms with Crippen molar-refractivity contribution in [2.75, 3.05) is 5.32 Å². The first kappa shape index (κ1) is 17.3. The van der Waals surface area contributed by atoms with Crippen LogP contribution in [-0.2, 0) is 22.4 Å². The van der Waals surface area contributed by atoms with Gasteiger partial charge in [0.05, 0.1) is 11.5 Å². The van der Waals surface area contributed by atoms with Gasteiger partial charge in [-0.3, -0.25) is 9.59 Å². The Morgan fingerprint density at radius 3 is 2.46 bits per heavy atom. The molecule has 0 saturated heterocycles.